The van der Waals surface area contributed by atoms with Crippen LogP contribution in [0.4, 0.5) is 0 Å². The van der Waals surface area contributed by atoms with Crippen LogP contribution in [0.2, 0.25) is 0 Å². The van der Waals surface area contributed by atoms with Gasteiger partial charge >= 0.3 is 0 Å². The number of fused-ring (bicyclic) bond motifs is 1. The molecule has 17 heavy (non-hydrogen) atoms. The molecular weight excluding hydrogens is 210 g/mol. The first kappa shape index (κ1) is 11.6. The Morgan fingerprint density at radius 3 is 2.82 bits per heavy atom. The lowest BCUT2D eigenvalue weighted by Gasteiger charge is -2.04. The van der Waals surface area contributed by atoms with Crippen LogP contribution in [0.15, 0.2) is 35.1 Å². The van der Waals surface area contributed by atoms with Crippen LogP contribution in [0.5, 0.6) is 0 Å². The first-order chi connectivity index (χ1) is 8.24. The molecule has 0 atom stereocenters. The molecule has 2 rings (SSSR count). The van der Waals surface area contributed by atoms with Crippen molar-refractivity contribution in [1.82, 2.24) is 4.98 Å². The molecule has 88 valence electrons. The average molecular weight is 227 g/mol. The van der Waals surface area contributed by atoms with E-state index in [9.17, 15) is 4.79 Å². The molecular formula is C15H17NO. The van der Waals surface area contributed by atoms with Gasteiger partial charge in [0.15, 0.2) is 5.43 Å². The van der Waals surface area contributed by atoms with E-state index >= 15 is 0 Å². The second-order valence-corrected chi connectivity index (χ2v) is 4.23. The topological polar surface area (TPSA) is 32.9 Å². The average Bonchev–Trinajstić information content (AvgIpc) is 2.33. The second kappa shape index (κ2) is 5.00. The highest BCUT2D eigenvalue weighted by atomic mass is 16.1. The van der Waals surface area contributed by atoms with Gasteiger partial charge in [0.25, 0.3) is 0 Å². The summed E-state index contributed by atoms with van der Waals surface area (Å²) in [5, 5.41) is 0.759. The summed E-state index contributed by atoms with van der Waals surface area (Å²) in [6.45, 7) is 4.07. The molecule has 1 aromatic heterocycles. The molecule has 0 spiro atoms. The lowest BCUT2D eigenvalue weighted by molar-refractivity contribution is 0.962. The third-order valence-electron chi connectivity index (χ3n) is 2.88. The summed E-state index contributed by atoms with van der Waals surface area (Å²) in [7, 11) is 0. The molecule has 1 heterocycles. The van der Waals surface area contributed by atoms with Gasteiger partial charge in [-0.2, -0.15) is 0 Å². The molecule has 0 amide bonds. The Kier molecular flexibility index (Phi) is 3.43. The molecule has 0 bridgehead atoms. The quantitative estimate of drug-likeness (QED) is 0.853. The SMILES string of the molecule is CCCC=Cc1c(C)[nH]c2ccccc2c1=O. The Bertz CT molecular complexity index is 608. The van der Waals surface area contributed by atoms with Gasteiger partial charge in [0.1, 0.15) is 0 Å². The summed E-state index contributed by atoms with van der Waals surface area (Å²) in [5.74, 6) is 0. The van der Waals surface area contributed by atoms with E-state index in [1.807, 2.05) is 37.3 Å². The minimum atomic E-state index is 0.115. The molecule has 0 aliphatic heterocycles. The van der Waals surface area contributed by atoms with Gasteiger partial charge in [-0.05, 0) is 25.5 Å². The summed E-state index contributed by atoms with van der Waals surface area (Å²) in [6, 6.07) is 7.63. The molecule has 2 aromatic rings. The van der Waals surface area contributed by atoms with Gasteiger partial charge in [0, 0.05) is 22.2 Å². The van der Waals surface area contributed by atoms with Crippen LogP contribution in [0.25, 0.3) is 17.0 Å². The van der Waals surface area contributed by atoms with Crippen LogP contribution >= 0.6 is 0 Å². The molecule has 0 unspecified atom stereocenters. The Hall–Kier alpha value is -1.83. The van der Waals surface area contributed by atoms with Crippen molar-refractivity contribution in [3.05, 3.63) is 51.8 Å². The van der Waals surface area contributed by atoms with Crippen molar-refractivity contribution in [2.24, 2.45) is 0 Å². The van der Waals surface area contributed by atoms with Gasteiger partial charge in [0.2, 0.25) is 0 Å². The summed E-state index contributed by atoms with van der Waals surface area (Å²) in [6.07, 6.45) is 6.10. The molecule has 0 fully saturated rings. The fraction of sp³-hybridized carbons (Fsp3) is 0.267. The summed E-state index contributed by atoms with van der Waals surface area (Å²) < 4.78 is 0. The number of nitrogens with one attached hydrogen (secondary N) is 1. The normalized spacial score (nSPS) is 11.4. The third-order valence-corrected chi connectivity index (χ3v) is 2.88. The number of pyridine rings is 1. The zero-order chi connectivity index (χ0) is 12.3. The largest absolute Gasteiger partial charge is 0.358 e. The maximum absolute atomic E-state index is 12.3. The smallest absolute Gasteiger partial charge is 0.196 e. The van der Waals surface area contributed by atoms with E-state index in [-0.39, 0.29) is 5.43 Å². The molecule has 0 aliphatic carbocycles. The van der Waals surface area contributed by atoms with Crippen molar-refractivity contribution < 1.29 is 0 Å². The van der Waals surface area contributed by atoms with Gasteiger partial charge in [-0.15, -0.1) is 0 Å². The van der Waals surface area contributed by atoms with E-state index < -0.39 is 0 Å². The monoisotopic (exact) mass is 227 g/mol. The van der Waals surface area contributed by atoms with Gasteiger partial charge in [-0.3, -0.25) is 4.79 Å². The molecule has 2 heteroatoms. The van der Waals surface area contributed by atoms with Crippen molar-refractivity contribution in [2.45, 2.75) is 26.7 Å². The van der Waals surface area contributed by atoms with Crippen LogP contribution in [-0.4, -0.2) is 4.98 Å². The minimum Gasteiger partial charge on any atom is -0.358 e. The molecule has 1 aromatic carbocycles. The van der Waals surface area contributed by atoms with Crippen LogP contribution < -0.4 is 5.43 Å². The highest BCUT2D eigenvalue weighted by Gasteiger charge is 2.05. The van der Waals surface area contributed by atoms with Crippen LogP contribution in [0, 0.1) is 6.92 Å². The number of unbranched alkanes of at least 4 members (excludes halogenated alkanes) is 1. The van der Waals surface area contributed by atoms with Crippen LogP contribution in [0.1, 0.15) is 31.0 Å². The zero-order valence-corrected chi connectivity index (χ0v) is 10.3. The standard InChI is InChI=1S/C15H17NO/c1-3-4-5-8-12-11(2)16-14-10-7-6-9-13(14)15(12)17/h5-10H,3-4H2,1-2H3,(H,16,17). The summed E-state index contributed by atoms with van der Waals surface area (Å²) in [4.78, 5) is 15.5. The highest BCUT2D eigenvalue weighted by Crippen LogP contribution is 2.12. The van der Waals surface area contributed by atoms with Crippen molar-refractivity contribution in [2.75, 3.05) is 0 Å². The Morgan fingerprint density at radius 2 is 2.06 bits per heavy atom. The predicted molar refractivity (Wildman–Crippen MR) is 73.2 cm³/mol. The van der Waals surface area contributed by atoms with Crippen molar-refractivity contribution in [1.29, 1.82) is 0 Å². The third kappa shape index (κ3) is 2.31. The summed E-state index contributed by atoms with van der Waals surface area (Å²) in [5.41, 5.74) is 2.73. The lowest BCUT2D eigenvalue weighted by Crippen LogP contribution is -2.09. The minimum absolute atomic E-state index is 0.115. The first-order valence-corrected chi connectivity index (χ1v) is 6.02. The van der Waals surface area contributed by atoms with Gasteiger partial charge < -0.3 is 4.98 Å². The number of allylic oxidation sites excluding steroid dienone is 1. The molecule has 0 saturated heterocycles. The molecule has 0 saturated carbocycles. The number of aromatic amines is 1. The Labute approximate surface area is 101 Å². The van der Waals surface area contributed by atoms with Crippen LogP contribution in [0.3, 0.4) is 0 Å². The Morgan fingerprint density at radius 1 is 1.29 bits per heavy atom. The maximum atomic E-state index is 12.3. The molecule has 0 radical (unpaired) electrons. The fourth-order valence-electron chi connectivity index (χ4n) is 1.94. The number of hydrogen-bond acceptors (Lipinski definition) is 1. The number of aryl methyl sites for hydroxylation is 1. The summed E-state index contributed by atoms with van der Waals surface area (Å²) >= 11 is 0. The lowest BCUT2D eigenvalue weighted by atomic mass is 10.1. The van der Waals surface area contributed by atoms with Crippen LogP contribution in [-0.2, 0) is 0 Å². The van der Waals surface area contributed by atoms with E-state index in [1.54, 1.807) is 0 Å². The number of para-hydroxylation sites is 1. The van der Waals surface area contributed by atoms with E-state index in [4.69, 9.17) is 0 Å². The van der Waals surface area contributed by atoms with Crippen molar-refractivity contribution in [3.8, 4) is 0 Å². The highest BCUT2D eigenvalue weighted by molar-refractivity contribution is 5.81. The van der Waals surface area contributed by atoms with Gasteiger partial charge in [-0.25, -0.2) is 0 Å². The predicted octanol–water partition coefficient (Wildman–Crippen LogP) is 3.65. The van der Waals surface area contributed by atoms with Crippen molar-refractivity contribution in [3.63, 3.8) is 0 Å². The molecule has 2 nitrogen and oxygen atoms in total. The van der Waals surface area contributed by atoms with E-state index in [0.717, 1.165) is 35.0 Å². The van der Waals surface area contributed by atoms with E-state index in [2.05, 4.69) is 18.0 Å². The van der Waals surface area contributed by atoms with E-state index in [0.29, 0.717) is 0 Å². The number of aromatic nitrogens is 1. The van der Waals surface area contributed by atoms with E-state index in [1.165, 1.54) is 0 Å². The maximum Gasteiger partial charge on any atom is 0.196 e. The molecule has 0 aliphatic rings. The fourth-order valence-corrected chi connectivity index (χ4v) is 1.94. The van der Waals surface area contributed by atoms with Gasteiger partial charge in [0.05, 0.1) is 0 Å². The van der Waals surface area contributed by atoms with Gasteiger partial charge in [-0.1, -0.05) is 37.6 Å². The number of H-pyrrole nitrogens is 1. The zero-order valence-electron chi connectivity index (χ0n) is 10.3. The first-order valence-electron chi connectivity index (χ1n) is 6.02. The number of benzene rings is 1. The number of rotatable bonds is 3. The second-order valence-electron chi connectivity index (χ2n) is 4.23. The van der Waals surface area contributed by atoms with Crippen molar-refractivity contribution >= 4 is 17.0 Å². The molecule has 1 N–H and O–H groups in total. The number of hydrogen-bond donors (Lipinski definition) is 1. The Balaban J connectivity index is 2.60.